The molecule has 0 radical (unpaired) electrons. The summed E-state index contributed by atoms with van der Waals surface area (Å²) in [6.45, 7) is 0.738. The Balaban J connectivity index is 1.47. The molecule has 0 aromatic carbocycles. The first-order valence-corrected chi connectivity index (χ1v) is 10.9. The lowest BCUT2D eigenvalue weighted by Gasteiger charge is -2.23. The Labute approximate surface area is 182 Å². The lowest BCUT2D eigenvalue weighted by atomic mass is 9.98. The molecule has 2 aromatic rings. The van der Waals surface area contributed by atoms with E-state index in [-0.39, 0.29) is 24.5 Å². The third kappa shape index (κ3) is 5.13. The van der Waals surface area contributed by atoms with Crippen LogP contribution in [0.5, 0.6) is 5.75 Å². The summed E-state index contributed by atoms with van der Waals surface area (Å²) in [5.41, 5.74) is 1.82. The van der Waals surface area contributed by atoms with E-state index in [9.17, 15) is 10.1 Å². The van der Waals surface area contributed by atoms with Crippen molar-refractivity contribution in [1.82, 2.24) is 24.9 Å². The van der Waals surface area contributed by atoms with Crippen LogP contribution in [0, 0.1) is 17.2 Å². The van der Waals surface area contributed by atoms with Gasteiger partial charge in [0.25, 0.3) is 0 Å². The first-order valence-electron chi connectivity index (χ1n) is 10.9. The van der Waals surface area contributed by atoms with E-state index in [1.54, 1.807) is 35.8 Å². The van der Waals surface area contributed by atoms with Crippen molar-refractivity contribution in [2.75, 3.05) is 13.6 Å². The fraction of sp³-hybridized carbons (Fsp3) is 0.591. The van der Waals surface area contributed by atoms with Crippen LogP contribution in [-0.2, 0) is 18.4 Å². The van der Waals surface area contributed by atoms with Crippen LogP contribution < -0.4 is 4.74 Å². The highest BCUT2D eigenvalue weighted by molar-refractivity contribution is 5.67. The summed E-state index contributed by atoms with van der Waals surface area (Å²) in [4.78, 5) is 18.3. The molecule has 0 aliphatic heterocycles. The van der Waals surface area contributed by atoms with Crippen LogP contribution in [0.3, 0.4) is 0 Å². The molecule has 0 spiro atoms. The van der Waals surface area contributed by atoms with Gasteiger partial charge in [-0.3, -0.25) is 0 Å². The van der Waals surface area contributed by atoms with Crippen LogP contribution in [0.4, 0.5) is 4.79 Å². The number of rotatable bonds is 7. The predicted molar refractivity (Wildman–Crippen MR) is 112 cm³/mol. The van der Waals surface area contributed by atoms with Crippen LogP contribution in [0.2, 0.25) is 0 Å². The number of aryl methyl sites for hydroxylation is 1. The Morgan fingerprint density at radius 3 is 2.74 bits per heavy atom. The first-order chi connectivity index (χ1) is 15.0. The van der Waals surface area contributed by atoms with Gasteiger partial charge in [-0.05, 0) is 56.6 Å². The average molecular weight is 425 g/mol. The second-order valence-electron chi connectivity index (χ2n) is 8.42. The van der Waals surface area contributed by atoms with Crippen molar-refractivity contribution in [3.8, 4) is 23.2 Å². The largest absolute Gasteiger partial charge is 0.487 e. The van der Waals surface area contributed by atoms with Crippen LogP contribution in [-0.4, -0.2) is 50.7 Å². The van der Waals surface area contributed by atoms with E-state index < -0.39 is 0 Å². The van der Waals surface area contributed by atoms with Gasteiger partial charge < -0.3 is 14.4 Å². The first kappa shape index (κ1) is 21.1. The van der Waals surface area contributed by atoms with E-state index in [1.807, 2.05) is 0 Å². The van der Waals surface area contributed by atoms with Gasteiger partial charge in [-0.15, -0.1) is 5.10 Å². The molecule has 0 saturated heterocycles. The molecule has 2 aliphatic carbocycles. The summed E-state index contributed by atoms with van der Waals surface area (Å²) in [5, 5.41) is 17.8. The number of pyridine rings is 1. The minimum Gasteiger partial charge on any atom is -0.487 e. The van der Waals surface area contributed by atoms with Gasteiger partial charge in [0.1, 0.15) is 24.1 Å². The number of aromatic nitrogens is 4. The number of nitriles is 1. The summed E-state index contributed by atoms with van der Waals surface area (Å²) < 4.78 is 13.1. The van der Waals surface area contributed by atoms with Crippen LogP contribution in [0.1, 0.15) is 56.3 Å². The number of carbonyl (C=O) groups is 1. The summed E-state index contributed by atoms with van der Waals surface area (Å²) in [6.07, 6.45) is 7.63. The average Bonchev–Trinajstić information content (AvgIpc) is 3.53. The molecule has 0 bridgehead atoms. The monoisotopic (exact) mass is 424 g/mol. The number of hydrogen-bond donors (Lipinski definition) is 0. The van der Waals surface area contributed by atoms with E-state index in [0.717, 1.165) is 25.7 Å². The Morgan fingerprint density at radius 1 is 1.26 bits per heavy atom. The highest BCUT2D eigenvalue weighted by Gasteiger charge is 2.26. The molecule has 0 atom stereocenters. The maximum Gasteiger partial charge on any atom is 0.409 e. The lowest BCUT2D eigenvalue weighted by Crippen LogP contribution is -2.29. The van der Waals surface area contributed by atoms with Gasteiger partial charge in [-0.1, -0.05) is 11.6 Å². The van der Waals surface area contributed by atoms with Crippen molar-refractivity contribution >= 4 is 6.09 Å². The summed E-state index contributed by atoms with van der Waals surface area (Å²) in [6, 6.07) is 5.67. The zero-order valence-electron chi connectivity index (χ0n) is 18.1. The zero-order valence-corrected chi connectivity index (χ0v) is 18.1. The van der Waals surface area contributed by atoms with Crippen molar-refractivity contribution in [3.05, 3.63) is 23.5 Å². The summed E-state index contributed by atoms with van der Waals surface area (Å²) in [7, 11) is 3.48. The molecule has 2 aliphatic rings. The number of ether oxygens (including phenoxy) is 2. The molecule has 2 saturated carbocycles. The standard InChI is InChI=1S/C22H28N6O3/c1-27(13-15-8-9-15)22(29)30-14-19-21(25-26-28(19)2)17-10-11-20(18(12-23)24-17)31-16-6-4-3-5-7-16/h10-11,15-16H,3-9,13-14H2,1-2H3. The minimum atomic E-state index is -0.374. The Morgan fingerprint density at radius 2 is 2.03 bits per heavy atom. The van der Waals surface area contributed by atoms with Gasteiger partial charge in [0.15, 0.2) is 11.4 Å². The fourth-order valence-corrected chi connectivity index (χ4v) is 3.86. The number of carbonyl (C=O) groups excluding carboxylic acids is 1. The van der Waals surface area contributed by atoms with Gasteiger partial charge in [-0.25, -0.2) is 14.5 Å². The molecule has 4 rings (SSSR count). The van der Waals surface area contributed by atoms with E-state index in [2.05, 4.69) is 21.4 Å². The minimum absolute atomic E-state index is 0.0244. The molecule has 0 unspecified atom stereocenters. The Hall–Kier alpha value is -3.15. The van der Waals surface area contributed by atoms with Crippen molar-refractivity contribution in [1.29, 1.82) is 5.26 Å². The maximum atomic E-state index is 12.3. The van der Waals surface area contributed by atoms with Gasteiger partial charge in [0.05, 0.1) is 11.8 Å². The molecule has 0 N–H and O–H groups in total. The third-order valence-electron chi connectivity index (χ3n) is 5.87. The van der Waals surface area contributed by atoms with E-state index in [1.165, 1.54) is 19.3 Å². The SMILES string of the molecule is CN(CC1CC1)C(=O)OCc1c(-c2ccc(OC3CCCCC3)c(C#N)n2)nnn1C. The zero-order chi connectivity index (χ0) is 21.8. The summed E-state index contributed by atoms with van der Waals surface area (Å²) in [5.74, 6) is 1.09. The van der Waals surface area contributed by atoms with Crippen molar-refractivity contribution in [2.24, 2.45) is 13.0 Å². The van der Waals surface area contributed by atoms with E-state index in [4.69, 9.17) is 9.47 Å². The Bertz CT molecular complexity index is 972. The topological polar surface area (TPSA) is 106 Å². The lowest BCUT2D eigenvalue weighted by molar-refractivity contribution is 0.101. The number of nitrogens with zero attached hydrogens (tertiary/aromatic N) is 6. The summed E-state index contributed by atoms with van der Waals surface area (Å²) >= 11 is 0. The number of hydrogen-bond acceptors (Lipinski definition) is 7. The molecule has 1 amide bonds. The highest BCUT2D eigenvalue weighted by Crippen LogP contribution is 2.30. The van der Waals surface area contributed by atoms with Gasteiger partial charge in [-0.2, -0.15) is 5.26 Å². The smallest absolute Gasteiger partial charge is 0.409 e. The quantitative estimate of drug-likeness (QED) is 0.670. The highest BCUT2D eigenvalue weighted by atomic mass is 16.6. The molecule has 2 fully saturated rings. The molecule has 31 heavy (non-hydrogen) atoms. The predicted octanol–water partition coefficient (Wildman–Crippen LogP) is 3.44. The molecule has 164 valence electrons. The maximum absolute atomic E-state index is 12.3. The molecular weight excluding hydrogens is 396 g/mol. The van der Waals surface area contributed by atoms with E-state index >= 15 is 0 Å². The molecular formula is C22H28N6O3. The Kier molecular flexibility index (Phi) is 6.35. The van der Waals surface area contributed by atoms with Crippen LogP contribution in [0.15, 0.2) is 12.1 Å². The third-order valence-corrected chi connectivity index (χ3v) is 5.87. The van der Waals surface area contributed by atoms with Crippen LogP contribution in [0.25, 0.3) is 11.4 Å². The van der Waals surface area contributed by atoms with Crippen molar-refractivity contribution in [2.45, 2.75) is 57.7 Å². The molecule has 9 heteroatoms. The second kappa shape index (κ2) is 9.33. The normalized spacial score (nSPS) is 16.5. The van der Waals surface area contributed by atoms with Crippen molar-refractivity contribution < 1.29 is 14.3 Å². The van der Waals surface area contributed by atoms with Gasteiger partial charge >= 0.3 is 6.09 Å². The second-order valence-corrected chi connectivity index (χ2v) is 8.42. The number of amides is 1. The molecule has 2 heterocycles. The van der Waals surface area contributed by atoms with Gasteiger partial charge in [0.2, 0.25) is 0 Å². The van der Waals surface area contributed by atoms with Gasteiger partial charge in [0, 0.05) is 20.6 Å². The van der Waals surface area contributed by atoms with Crippen molar-refractivity contribution in [3.63, 3.8) is 0 Å². The van der Waals surface area contributed by atoms with E-state index in [0.29, 0.717) is 35.3 Å². The van der Waals surface area contributed by atoms with Crippen LogP contribution >= 0.6 is 0 Å². The molecule has 9 nitrogen and oxygen atoms in total. The fourth-order valence-electron chi connectivity index (χ4n) is 3.86. The molecule has 2 aromatic heterocycles.